The van der Waals surface area contributed by atoms with Gasteiger partial charge in [-0.3, -0.25) is 20.1 Å². The number of aromatic nitrogens is 4. The summed E-state index contributed by atoms with van der Waals surface area (Å²) in [5.74, 6) is 0.217. The minimum Gasteiger partial charge on any atom is -0.322 e. The molecule has 0 fully saturated rings. The van der Waals surface area contributed by atoms with Crippen molar-refractivity contribution in [3.05, 3.63) is 60.4 Å². The molecule has 3 aromatic heterocycles. The number of nitrogens with zero attached hydrogens (tertiary/aromatic N) is 3. The molecule has 3 heterocycles. The number of carbonyl (C=O) groups excluding carboxylic acids is 1. The number of hydrogen-bond donors (Lipinski definition) is 2. The smallest absolute Gasteiger partial charge is 0.223 e. The fraction of sp³-hybridized carbons (Fsp3) is 0.100. The first-order valence-electron chi connectivity index (χ1n) is 8.27. The number of hydrogen-bond acceptors (Lipinski definition) is 4. The van der Waals surface area contributed by atoms with Crippen molar-refractivity contribution in [3.8, 4) is 22.6 Å². The number of carbonyl (C=O) groups is 1. The van der Waals surface area contributed by atoms with Crippen LogP contribution in [0.5, 0.6) is 0 Å². The second-order valence-electron chi connectivity index (χ2n) is 6.07. The molecule has 2 N–H and O–H groups in total. The van der Waals surface area contributed by atoms with Gasteiger partial charge in [0, 0.05) is 29.8 Å². The SMILES string of the molecule is CC(=O)Nc1nc(-c2ccc3ncccc3c2)c(-c2cccc(C)n2)[nH]1. The van der Waals surface area contributed by atoms with Gasteiger partial charge >= 0.3 is 0 Å². The van der Waals surface area contributed by atoms with E-state index in [4.69, 9.17) is 0 Å². The zero-order chi connectivity index (χ0) is 18.1. The van der Waals surface area contributed by atoms with Crippen molar-refractivity contribution in [3.63, 3.8) is 0 Å². The predicted molar refractivity (Wildman–Crippen MR) is 102 cm³/mol. The van der Waals surface area contributed by atoms with Crippen molar-refractivity contribution in [2.75, 3.05) is 5.32 Å². The number of H-pyrrole nitrogens is 1. The van der Waals surface area contributed by atoms with Crippen molar-refractivity contribution < 1.29 is 4.79 Å². The monoisotopic (exact) mass is 343 g/mol. The largest absolute Gasteiger partial charge is 0.322 e. The number of amides is 1. The van der Waals surface area contributed by atoms with Crippen molar-refractivity contribution in [2.24, 2.45) is 0 Å². The molecule has 0 aliphatic rings. The number of fused-ring (bicyclic) bond motifs is 1. The Labute approximate surface area is 150 Å². The molecule has 26 heavy (non-hydrogen) atoms. The Kier molecular flexibility index (Phi) is 3.93. The Balaban J connectivity index is 1.90. The van der Waals surface area contributed by atoms with E-state index < -0.39 is 0 Å². The number of rotatable bonds is 3. The molecule has 128 valence electrons. The topological polar surface area (TPSA) is 83.6 Å². The van der Waals surface area contributed by atoms with E-state index in [9.17, 15) is 4.79 Å². The number of pyridine rings is 2. The second-order valence-corrected chi connectivity index (χ2v) is 6.07. The summed E-state index contributed by atoms with van der Waals surface area (Å²) >= 11 is 0. The number of benzene rings is 1. The third-order valence-electron chi connectivity index (χ3n) is 4.02. The van der Waals surface area contributed by atoms with E-state index >= 15 is 0 Å². The van der Waals surface area contributed by atoms with E-state index in [-0.39, 0.29) is 5.91 Å². The Bertz CT molecular complexity index is 1120. The van der Waals surface area contributed by atoms with E-state index in [1.807, 2.05) is 55.5 Å². The van der Waals surface area contributed by atoms with Crippen molar-refractivity contribution in [1.82, 2.24) is 19.9 Å². The van der Waals surface area contributed by atoms with Gasteiger partial charge in [0.05, 0.1) is 22.6 Å². The molecule has 0 bridgehead atoms. The fourth-order valence-electron chi connectivity index (χ4n) is 2.90. The van der Waals surface area contributed by atoms with Crippen LogP contribution in [0.1, 0.15) is 12.6 Å². The summed E-state index contributed by atoms with van der Waals surface area (Å²) in [5, 5.41) is 3.74. The molecule has 4 rings (SSSR count). The standard InChI is InChI=1S/C20H17N5O/c1-12-5-3-7-17(22-12)19-18(24-20(25-19)23-13(2)26)15-8-9-16-14(11-15)6-4-10-21-16/h3-11H,1-2H3,(H2,23,24,25,26). The van der Waals surface area contributed by atoms with Crippen LogP contribution in [0, 0.1) is 6.92 Å². The van der Waals surface area contributed by atoms with E-state index in [0.29, 0.717) is 5.95 Å². The second kappa shape index (κ2) is 6.40. The zero-order valence-electron chi connectivity index (χ0n) is 14.4. The summed E-state index contributed by atoms with van der Waals surface area (Å²) in [4.78, 5) is 28.2. The molecule has 0 unspecified atom stereocenters. The van der Waals surface area contributed by atoms with Gasteiger partial charge in [0.15, 0.2) is 0 Å². The minimum atomic E-state index is -0.184. The maximum absolute atomic E-state index is 11.4. The molecule has 0 radical (unpaired) electrons. The highest BCUT2D eigenvalue weighted by Gasteiger charge is 2.16. The molecule has 0 aliphatic carbocycles. The van der Waals surface area contributed by atoms with Crippen LogP contribution in [0.3, 0.4) is 0 Å². The highest BCUT2D eigenvalue weighted by Crippen LogP contribution is 2.32. The molecule has 4 aromatic rings. The highest BCUT2D eigenvalue weighted by atomic mass is 16.1. The van der Waals surface area contributed by atoms with Crippen LogP contribution in [0.25, 0.3) is 33.5 Å². The lowest BCUT2D eigenvalue weighted by Crippen LogP contribution is -2.06. The van der Waals surface area contributed by atoms with Gasteiger partial charge in [-0.25, -0.2) is 4.98 Å². The van der Waals surface area contributed by atoms with Crippen molar-refractivity contribution >= 4 is 22.8 Å². The highest BCUT2D eigenvalue weighted by molar-refractivity contribution is 5.90. The first-order chi connectivity index (χ1) is 12.6. The van der Waals surface area contributed by atoms with Crippen molar-refractivity contribution in [2.45, 2.75) is 13.8 Å². The van der Waals surface area contributed by atoms with Gasteiger partial charge in [0.25, 0.3) is 0 Å². The minimum absolute atomic E-state index is 0.184. The van der Waals surface area contributed by atoms with E-state index in [1.165, 1.54) is 6.92 Å². The summed E-state index contributed by atoms with van der Waals surface area (Å²) in [7, 11) is 0. The van der Waals surface area contributed by atoms with E-state index in [1.54, 1.807) is 6.20 Å². The quantitative estimate of drug-likeness (QED) is 0.590. The van der Waals surface area contributed by atoms with Crippen LogP contribution in [0.15, 0.2) is 54.7 Å². The van der Waals surface area contributed by atoms with Gasteiger partial charge in [0.1, 0.15) is 0 Å². The summed E-state index contributed by atoms with van der Waals surface area (Å²) in [6.45, 7) is 3.39. The number of nitrogens with one attached hydrogen (secondary N) is 2. The van der Waals surface area contributed by atoms with Crippen molar-refractivity contribution in [1.29, 1.82) is 0 Å². The predicted octanol–water partition coefficient (Wildman–Crippen LogP) is 3.95. The third kappa shape index (κ3) is 3.04. The van der Waals surface area contributed by atoms with Gasteiger partial charge in [-0.1, -0.05) is 18.2 Å². The Hall–Kier alpha value is -3.54. The van der Waals surface area contributed by atoms with Crippen LogP contribution < -0.4 is 5.32 Å². The fourth-order valence-corrected chi connectivity index (χ4v) is 2.90. The Morgan fingerprint density at radius 3 is 2.77 bits per heavy atom. The molecule has 1 amide bonds. The summed E-state index contributed by atoms with van der Waals surface area (Å²) < 4.78 is 0. The van der Waals surface area contributed by atoms with Gasteiger partial charge in [-0.2, -0.15) is 0 Å². The van der Waals surface area contributed by atoms with Gasteiger partial charge in [-0.15, -0.1) is 0 Å². The molecule has 0 atom stereocenters. The third-order valence-corrected chi connectivity index (χ3v) is 4.02. The summed E-state index contributed by atoms with van der Waals surface area (Å²) in [5.41, 5.74) is 5.03. The summed E-state index contributed by atoms with van der Waals surface area (Å²) in [6.07, 6.45) is 1.77. The molecule has 0 saturated carbocycles. The number of aryl methyl sites for hydroxylation is 1. The van der Waals surface area contributed by atoms with E-state index in [0.717, 1.165) is 39.2 Å². The molecule has 1 aromatic carbocycles. The van der Waals surface area contributed by atoms with Crippen LogP contribution in [-0.2, 0) is 4.79 Å². The first-order valence-corrected chi connectivity index (χ1v) is 8.27. The van der Waals surface area contributed by atoms with Crippen LogP contribution >= 0.6 is 0 Å². The molecule has 6 nitrogen and oxygen atoms in total. The van der Waals surface area contributed by atoms with Gasteiger partial charge < -0.3 is 4.98 Å². The van der Waals surface area contributed by atoms with Gasteiger partial charge in [-0.05, 0) is 37.3 Å². The molecule has 0 spiro atoms. The van der Waals surface area contributed by atoms with E-state index in [2.05, 4.69) is 25.3 Å². The Morgan fingerprint density at radius 2 is 1.96 bits per heavy atom. The number of anilines is 1. The Morgan fingerprint density at radius 1 is 1.08 bits per heavy atom. The number of imidazole rings is 1. The average Bonchev–Trinajstić information content (AvgIpc) is 3.04. The maximum atomic E-state index is 11.4. The maximum Gasteiger partial charge on any atom is 0.223 e. The normalized spacial score (nSPS) is 10.8. The van der Waals surface area contributed by atoms with Gasteiger partial charge in [0.2, 0.25) is 11.9 Å². The van der Waals surface area contributed by atoms with Crippen LogP contribution in [0.2, 0.25) is 0 Å². The molecule has 6 heteroatoms. The zero-order valence-corrected chi connectivity index (χ0v) is 14.4. The lowest BCUT2D eigenvalue weighted by Gasteiger charge is -2.05. The molecular formula is C20H17N5O. The first kappa shape index (κ1) is 16.0. The molecule has 0 saturated heterocycles. The number of aromatic amines is 1. The lowest BCUT2D eigenvalue weighted by atomic mass is 10.1. The molecule has 0 aliphatic heterocycles. The lowest BCUT2D eigenvalue weighted by molar-refractivity contribution is -0.114. The summed E-state index contributed by atoms with van der Waals surface area (Å²) in [6, 6.07) is 15.7. The molecular weight excluding hydrogens is 326 g/mol. The van der Waals surface area contributed by atoms with Crippen LogP contribution in [-0.4, -0.2) is 25.8 Å². The van der Waals surface area contributed by atoms with Crippen LogP contribution in [0.4, 0.5) is 5.95 Å². The average molecular weight is 343 g/mol.